The summed E-state index contributed by atoms with van der Waals surface area (Å²) < 4.78 is 26.0. The number of Topliss-reactive ketones (excluding diaryl/α,β-unsaturated/α-hetero) is 1. The summed E-state index contributed by atoms with van der Waals surface area (Å²) in [4.78, 5) is 48.0. The lowest BCUT2D eigenvalue weighted by molar-refractivity contribution is 0.0836. The smallest absolute Gasteiger partial charge is 0.207 e. The molecule has 15 nitrogen and oxygen atoms in total. The summed E-state index contributed by atoms with van der Waals surface area (Å²) in [5.74, 6) is -0.796. The van der Waals surface area contributed by atoms with E-state index in [1.54, 1.807) is 6.92 Å². The molecule has 0 aliphatic carbocycles. The highest BCUT2D eigenvalue weighted by molar-refractivity contribution is 6.01. The van der Waals surface area contributed by atoms with Crippen molar-refractivity contribution in [3.8, 4) is 34.5 Å². The Balaban J connectivity index is 0.000000187. The van der Waals surface area contributed by atoms with Crippen molar-refractivity contribution in [2.75, 3.05) is 20.8 Å². The van der Waals surface area contributed by atoms with E-state index in [1.807, 2.05) is 0 Å². The quantitative estimate of drug-likeness (QED) is 0.0807. The van der Waals surface area contributed by atoms with Gasteiger partial charge in [-0.1, -0.05) is 26.7 Å². The van der Waals surface area contributed by atoms with E-state index in [4.69, 9.17) is 22.7 Å². The topological polar surface area (TPSA) is 248 Å². The van der Waals surface area contributed by atoms with Crippen LogP contribution in [-0.2, 0) is 16.1 Å². The molecule has 0 aliphatic heterocycles. The van der Waals surface area contributed by atoms with Gasteiger partial charge in [0.1, 0.15) is 103 Å². The number of unbranched alkanes of at least 4 members (excludes halogenated alkanes) is 1. The van der Waals surface area contributed by atoms with Gasteiger partial charge in [0.25, 0.3) is 0 Å². The lowest BCUT2D eigenvalue weighted by Gasteiger charge is -2.14. The molecule has 0 saturated heterocycles. The van der Waals surface area contributed by atoms with Gasteiger partial charge < -0.3 is 53.4 Å². The van der Waals surface area contributed by atoms with Gasteiger partial charge in [0.2, 0.25) is 5.43 Å². The second kappa shape index (κ2) is 18.1. The zero-order valence-electron chi connectivity index (χ0n) is 30.8. The molecule has 0 bridgehead atoms. The van der Waals surface area contributed by atoms with Crippen LogP contribution in [0.1, 0.15) is 73.1 Å². The highest BCUT2D eigenvalue weighted by atomic mass is 16.5. The fraction of sp³-hybridized carbons (Fsp3) is 0.300. The first kappa shape index (κ1) is 41.4. The Hall–Kier alpha value is -6.32. The van der Waals surface area contributed by atoms with E-state index < -0.39 is 17.0 Å². The van der Waals surface area contributed by atoms with Crippen molar-refractivity contribution in [1.29, 1.82) is 0 Å². The van der Waals surface area contributed by atoms with Gasteiger partial charge >= 0.3 is 0 Å². The Bertz CT molecular complexity index is 2500. The zero-order valence-corrected chi connectivity index (χ0v) is 30.8. The standard InChI is InChI=1S/C16H20O4.C14H14O7.C10H8O4/c1-3-5-6-10(4-2)14-9-13(19)16-12(18)7-11(17)8-15(16)20-14;1-19-5-9(17)13-11(6-20-2)21-10-4-7(15)3-8(16)12(10)14(13)18;1-5-2-7(12)10-8(13)3-6(11)4-9(10)14-5/h7-10,17-18H,3-6H2,1-2H3;3-4,15-16H,5-6H2,1-2H3;2-4,11,13H,1H3. The fourth-order valence-corrected chi connectivity index (χ4v) is 5.90. The first-order chi connectivity index (χ1) is 26.1. The van der Waals surface area contributed by atoms with Gasteiger partial charge in [0, 0.05) is 68.7 Å². The number of hydrogen-bond donors (Lipinski definition) is 6. The molecular formula is C40H42O15. The van der Waals surface area contributed by atoms with Crippen LogP contribution in [0.4, 0.5) is 0 Å². The number of carbonyl (C=O) groups excluding carboxylic acids is 1. The number of phenolic OH excluding ortho intramolecular Hbond substituents is 6. The molecule has 0 amide bonds. The number of benzene rings is 3. The molecule has 3 heterocycles. The third-order valence-electron chi connectivity index (χ3n) is 8.39. The maximum absolute atomic E-state index is 12.4. The molecule has 15 heteroatoms. The highest BCUT2D eigenvalue weighted by Gasteiger charge is 2.23. The zero-order chi connectivity index (χ0) is 40.6. The van der Waals surface area contributed by atoms with Crippen LogP contribution in [0.15, 0.2) is 76.2 Å². The lowest BCUT2D eigenvalue weighted by atomic mass is 9.96. The summed E-state index contributed by atoms with van der Waals surface area (Å²) in [6, 6.07) is 9.85. The Morgan fingerprint density at radius 3 is 1.69 bits per heavy atom. The van der Waals surface area contributed by atoms with Crippen LogP contribution in [-0.4, -0.2) is 57.2 Å². The van der Waals surface area contributed by atoms with Crippen molar-refractivity contribution in [1.82, 2.24) is 0 Å². The molecule has 0 saturated carbocycles. The molecular weight excluding hydrogens is 720 g/mol. The van der Waals surface area contributed by atoms with Gasteiger partial charge in [-0.15, -0.1) is 0 Å². The molecule has 0 radical (unpaired) electrons. The predicted molar refractivity (Wildman–Crippen MR) is 202 cm³/mol. The number of ether oxygens (including phenoxy) is 2. The number of phenols is 6. The normalized spacial score (nSPS) is 11.5. The summed E-state index contributed by atoms with van der Waals surface area (Å²) in [7, 11) is 2.71. The number of fused-ring (bicyclic) bond motifs is 3. The van der Waals surface area contributed by atoms with E-state index in [-0.39, 0.29) is 103 Å². The van der Waals surface area contributed by atoms with Crippen molar-refractivity contribution in [2.24, 2.45) is 0 Å². The van der Waals surface area contributed by atoms with E-state index in [2.05, 4.69) is 13.8 Å². The molecule has 292 valence electrons. The first-order valence-electron chi connectivity index (χ1n) is 17.1. The number of aromatic hydroxyl groups is 6. The van der Waals surface area contributed by atoms with Crippen LogP contribution in [0.2, 0.25) is 0 Å². The number of carbonyl (C=O) groups is 1. The summed E-state index contributed by atoms with van der Waals surface area (Å²) in [5, 5.41) is 57.1. The maximum atomic E-state index is 12.4. The van der Waals surface area contributed by atoms with Gasteiger partial charge in [-0.05, 0) is 19.8 Å². The van der Waals surface area contributed by atoms with Gasteiger partial charge in [-0.2, -0.15) is 0 Å². The third kappa shape index (κ3) is 9.62. The van der Waals surface area contributed by atoms with Crippen molar-refractivity contribution in [2.45, 2.75) is 59.0 Å². The van der Waals surface area contributed by atoms with Gasteiger partial charge in [-0.3, -0.25) is 19.2 Å². The fourth-order valence-electron chi connectivity index (χ4n) is 5.90. The highest BCUT2D eigenvalue weighted by Crippen LogP contribution is 2.32. The lowest BCUT2D eigenvalue weighted by Crippen LogP contribution is -2.22. The molecule has 0 fully saturated rings. The Morgan fingerprint density at radius 1 is 0.673 bits per heavy atom. The van der Waals surface area contributed by atoms with Crippen LogP contribution in [0.3, 0.4) is 0 Å². The van der Waals surface area contributed by atoms with E-state index in [0.717, 1.165) is 43.9 Å². The molecule has 6 N–H and O–H groups in total. The second-order valence-corrected chi connectivity index (χ2v) is 12.5. The van der Waals surface area contributed by atoms with E-state index in [1.165, 1.54) is 44.6 Å². The maximum Gasteiger partial charge on any atom is 0.207 e. The third-order valence-corrected chi connectivity index (χ3v) is 8.39. The molecule has 1 atom stereocenters. The minimum Gasteiger partial charge on any atom is -0.508 e. The largest absolute Gasteiger partial charge is 0.508 e. The van der Waals surface area contributed by atoms with Gasteiger partial charge in [0.05, 0.1) is 0 Å². The molecule has 0 spiro atoms. The van der Waals surface area contributed by atoms with Gasteiger partial charge in [-0.25, -0.2) is 0 Å². The summed E-state index contributed by atoms with van der Waals surface area (Å²) in [6.07, 6.45) is 4.02. The molecule has 55 heavy (non-hydrogen) atoms. The van der Waals surface area contributed by atoms with Crippen molar-refractivity contribution < 1.29 is 58.2 Å². The van der Waals surface area contributed by atoms with Gasteiger partial charge in [0.15, 0.2) is 16.6 Å². The van der Waals surface area contributed by atoms with E-state index in [0.29, 0.717) is 11.5 Å². The van der Waals surface area contributed by atoms with Crippen molar-refractivity contribution in [3.63, 3.8) is 0 Å². The molecule has 0 aliphatic rings. The number of hydrogen-bond acceptors (Lipinski definition) is 15. The first-order valence-corrected chi connectivity index (χ1v) is 17.1. The summed E-state index contributed by atoms with van der Waals surface area (Å²) in [6.45, 7) is 5.41. The monoisotopic (exact) mass is 762 g/mol. The minimum atomic E-state index is -0.692. The number of rotatable bonds is 10. The van der Waals surface area contributed by atoms with E-state index in [9.17, 15) is 49.8 Å². The molecule has 3 aromatic heterocycles. The second-order valence-electron chi connectivity index (χ2n) is 12.5. The van der Waals surface area contributed by atoms with Crippen LogP contribution in [0, 0.1) is 6.92 Å². The predicted octanol–water partition coefficient (Wildman–Crippen LogP) is 6.58. The SMILES string of the molecule is CCCCC(CC)c1cc(=O)c2c(O)cc(O)cc2o1.COCC(=O)c1c(COC)oc2cc(O)cc(O)c2c1=O.Cc1cc(=O)c2c(O)cc(O)cc2o1. The molecule has 6 rings (SSSR count). The number of aryl methyl sites for hydroxylation is 1. The average Bonchev–Trinajstić information content (AvgIpc) is 3.08. The summed E-state index contributed by atoms with van der Waals surface area (Å²) >= 11 is 0. The number of methoxy groups -OCH3 is 2. The Labute approximate surface area is 312 Å². The van der Waals surface area contributed by atoms with E-state index >= 15 is 0 Å². The van der Waals surface area contributed by atoms with Crippen LogP contribution < -0.4 is 16.3 Å². The Kier molecular flexibility index (Phi) is 13.7. The Morgan fingerprint density at radius 2 is 1.18 bits per heavy atom. The van der Waals surface area contributed by atoms with Crippen molar-refractivity contribution >= 4 is 38.7 Å². The molecule has 3 aromatic carbocycles. The average molecular weight is 763 g/mol. The molecule has 1 unspecified atom stereocenters. The van der Waals surface area contributed by atoms with Crippen LogP contribution >= 0.6 is 0 Å². The minimum absolute atomic E-state index is 0.0158. The molecule has 6 aromatic rings. The number of ketones is 1. The van der Waals surface area contributed by atoms with Crippen molar-refractivity contribution in [3.05, 3.63) is 102 Å². The van der Waals surface area contributed by atoms with Crippen LogP contribution in [0.5, 0.6) is 34.5 Å². The van der Waals surface area contributed by atoms with Crippen LogP contribution in [0.25, 0.3) is 32.9 Å². The summed E-state index contributed by atoms with van der Waals surface area (Å²) in [5.41, 5.74) is -1.11.